The van der Waals surface area contributed by atoms with Crippen LogP contribution in [0.5, 0.6) is 0 Å². The summed E-state index contributed by atoms with van der Waals surface area (Å²) < 4.78 is 18.7. The second-order valence-electron chi connectivity index (χ2n) is 3.49. The minimum absolute atomic E-state index is 0.0737. The van der Waals surface area contributed by atoms with E-state index in [2.05, 4.69) is 9.47 Å². The summed E-state index contributed by atoms with van der Waals surface area (Å²) >= 11 is 0. The molecule has 0 saturated carbocycles. The fourth-order valence-electron chi connectivity index (χ4n) is 0.861. The molecule has 0 spiro atoms. The Morgan fingerprint density at radius 2 is 1.32 bits per heavy atom. The Bertz CT molecular complexity index is 217. The van der Waals surface area contributed by atoms with Crippen molar-refractivity contribution in [1.82, 2.24) is 0 Å². The molecule has 0 aliphatic heterocycles. The summed E-state index contributed by atoms with van der Waals surface area (Å²) in [4.78, 5) is 20.9. The summed E-state index contributed by atoms with van der Waals surface area (Å²) in [6, 6.07) is 0. The highest BCUT2D eigenvalue weighted by Gasteiger charge is 1.98. The monoisotopic (exact) mass is 278 g/mol. The lowest BCUT2D eigenvalue weighted by atomic mass is 10.5. The van der Waals surface area contributed by atoms with Crippen molar-refractivity contribution in [3.63, 3.8) is 0 Å². The minimum Gasteiger partial charge on any atom is -0.467 e. The fourth-order valence-corrected chi connectivity index (χ4v) is 0.861. The molecule has 19 heavy (non-hydrogen) atoms. The lowest BCUT2D eigenvalue weighted by Gasteiger charge is -2.01. The van der Waals surface area contributed by atoms with E-state index in [1.165, 1.54) is 7.11 Å². The van der Waals surface area contributed by atoms with Gasteiger partial charge in [0.05, 0.1) is 13.7 Å². The molecule has 0 saturated heterocycles. The fraction of sp³-hybridized carbons (Fsp3) is 0.846. The smallest absolute Gasteiger partial charge is 0.332 e. The molecule has 0 atom stereocenters. The van der Waals surface area contributed by atoms with Crippen LogP contribution < -0.4 is 0 Å². The first-order valence-electron chi connectivity index (χ1n) is 6.50. The van der Waals surface area contributed by atoms with Crippen LogP contribution in [0.4, 0.5) is 0 Å². The third kappa shape index (κ3) is 19.4. The molecule has 0 aromatic rings. The number of methoxy groups -OCH3 is 1. The van der Waals surface area contributed by atoms with Crippen molar-refractivity contribution in [2.24, 2.45) is 0 Å². The Morgan fingerprint density at radius 3 is 1.68 bits per heavy atom. The first kappa shape index (κ1) is 20.2. The van der Waals surface area contributed by atoms with Crippen LogP contribution in [0.2, 0.25) is 0 Å². The van der Waals surface area contributed by atoms with E-state index in [1.54, 1.807) is 6.92 Å². The molecule has 0 amide bonds. The molecular weight excluding hydrogens is 252 g/mol. The van der Waals surface area contributed by atoms with Crippen LogP contribution in [0.15, 0.2) is 0 Å². The number of carbonyl (C=O) groups is 2. The second-order valence-corrected chi connectivity index (χ2v) is 3.49. The predicted molar refractivity (Wildman–Crippen MR) is 70.9 cm³/mol. The molecule has 0 aliphatic rings. The molecular formula is C13H26O6. The van der Waals surface area contributed by atoms with E-state index in [1.807, 2.05) is 13.8 Å². The summed E-state index contributed by atoms with van der Waals surface area (Å²) in [6.45, 7) is 7.58. The van der Waals surface area contributed by atoms with Crippen LogP contribution in [-0.2, 0) is 28.5 Å². The van der Waals surface area contributed by atoms with E-state index in [4.69, 9.17) is 9.47 Å². The van der Waals surface area contributed by atoms with Gasteiger partial charge in [-0.1, -0.05) is 13.8 Å². The van der Waals surface area contributed by atoms with Gasteiger partial charge in [0.1, 0.15) is 13.2 Å². The molecule has 0 heterocycles. The van der Waals surface area contributed by atoms with Gasteiger partial charge in [0.2, 0.25) is 0 Å². The lowest BCUT2D eigenvalue weighted by molar-refractivity contribution is -0.148. The van der Waals surface area contributed by atoms with Crippen molar-refractivity contribution in [3.8, 4) is 0 Å². The van der Waals surface area contributed by atoms with Crippen molar-refractivity contribution >= 4 is 11.9 Å². The van der Waals surface area contributed by atoms with Gasteiger partial charge in [-0.05, 0) is 19.8 Å². The van der Waals surface area contributed by atoms with Gasteiger partial charge in [-0.15, -0.1) is 0 Å². The summed E-state index contributed by atoms with van der Waals surface area (Å²) in [7, 11) is 1.34. The number of esters is 2. The van der Waals surface area contributed by atoms with Crippen LogP contribution in [0, 0.1) is 0 Å². The first-order chi connectivity index (χ1) is 9.12. The van der Waals surface area contributed by atoms with Crippen LogP contribution in [0.25, 0.3) is 0 Å². The normalized spacial score (nSPS) is 9.26. The highest BCUT2D eigenvalue weighted by molar-refractivity contribution is 5.70. The van der Waals surface area contributed by atoms with Gasteiger partial charge < -0.3 is 18.9 Å². The Labute approximate surface area is 115 Å². The van der Waals surface area contributed by atoms with Gasteiger partial charge in [-0.3, -0.25) is 0 Å². The maximum Gasteiger partial charge on any atom is 0.332 e. The molecule has 0 radical (unpaired) electrons. The number of carbonyl (C=O) groups excluding carboxylic acids is 2. The molecule has 0 fully saturated rings. The molecule has 0 aromatic carbocycles. The highest BCUT2D eigenvalue weighted by Crippen LogP contribution is 1.83. The van der Waals surface area contributed by atoms with E-state index in [9.17, 15) is 9.59 Å². The van der Waals surface area contributed by atoms with Crippen LogP contribution in [-0.4, -0.2) is 52.1 Å². The van der Waals surface area contributed by atoms with Crippen LogP contribution in [0.3, 0.4) is 0 Å². The number of rotatable bonds is 9. The lowest BCUT2D eigenvalue weighted by Crippen LogP contribution is -2.12. The van der Waals surface area contributed by atoms with Crippen LogP contribution >= 0.6 is 0 Å². The van der Waals surface area contributed by atoms with E-state index < -0.39 is 0 Å². The van der Waals surface area contributed by atoms with E-state index in [0.29, 0.717) is 19.8 Å². The topological polar surface area (TPSA) is 71.1 Å². The SMILES string of the molecule is CCCOCC(=O)OC.CCCOCC(=O)OCC. The van der Waals surface area contributed by atoms with Crippen molar-refractivity contribution in [1.29, 1.82) is 0 Å². The Balaban J connectivity index is 0. The molecule has 0 N–H and O–H groups in total. The molecule has 0 rings (SSSR count). The minimum atomic E-state index is -0.316. The van der Waals surface area contributed by atoms with E-state index in [0.717, 1.165) is 12.8 Å². The van der Waals surface area contributed by atoms with Gasteiger partial charge in [0, 0.05) is 13.2 Å². The van der Waals surface area contributed by atoms with Gasteiger partial charge in [0.25, 0.3) is 0 Å². The first-order valence-corrected chi connectivity index (χ1v) is 6.50. The third-order valence-corrected chi connectivity index (χ3v) is 1.67. The van der Waals surface area contributed by atoms with Crippen LogP contribution in [0.1, 0.15) is 33.6 Å². The van der Waals surface area contributed by atoms with Gasteiger partial charge in [-0.25, -0.2) is 9.59 Å². The summed E-state index contributed by atoms with van der Waals surface area (Å²) in [6.07, 6.45) is 1.86. The standard InChI is InChI=1S/C7H14O3.C6H12O3/c1-3-5-9-6-7(8)10-4-2;1-3-4-9-5-6(7)8-2/h3-6H2,1-2H3;3-5H2,1-2H3. The summed E-state index contributed by atoms with van der Waals surface area (Å²) in [5, 5.41) is 0. The molecule has 0 unspecified atom stereocenters. The highest BCUT2D eigenvalue weighted by atomic mass is 16.6. The summed E-state index contributed by atoms with van der Waals surface area (Å²) in [5.74, 6) is -0.598. The van der Waals surface area contributed by atoms with E-state index in [-0.39, 0.29) is 25.2 Å². The maximum atomic E-state index is 10.6. The molecule has 114 valence electrons. The molecule has 0 aromatic heterocycles. The third-order valence-electron chi connectivity index (χ3n) is 1.67. The molecule has 6 heteroatoms. The van der Waals surface area contributed by atoms with E-state index >= 15 is 0 Å². The number of ether oxygens (including phenoxy) is 4. The Morgan fingerprint density at radius 1 is 0.842 bits per heavy atom. The number of hydrogen-bond donors (Lipinski definition) is 0. The Hall–Kier alpha value is -1.14. The predicted octanol–water partition coefficient (Wildman–Crippen LogP) is 1.56. The van der Waals surface area contributed by atoms with Crippen molar-refractivity contribution in [2.75, 3.05) is 40.1 Å². The average Bonchev–Trinajstić information content (AvgIpc) is 2.40. The molecule has 0 aliphatic carbocycles. The molecule has 6 nitrogen and oxygen atoms in total. The quantitative estimate of drug-likeness (QED) is 0.471. The zero-order valence-corrected chi connectivity index (χ0v) is 12.4. The maximum absolute atomic E-state index is 10.6. The van der Waals surface area contributed by atoms with Crippen molar-refractivity contribution < 1.29 is 28.5 Å². The van der Waals surface area contributed by atoms with Gasteiger partial charge in [0.15, 0.2) is 0 Å². The summed E-state index contributed by atoms with van der Waals surface area (Å²) in [5.41, 5.74) is 0. The second kappa shape index (κ2) is 16.9. The van der Waals surface area contributed by atoms with Crippen molar-refractivity contribution in [2.45, 2.75) is 33.6 Å². The van der Waals surface area contributed by atoms with Crippen molar-refractivity contribution in [3.05, 3.63) is 0 Å². The average molecular weight is 278 g/mol. The largest absolute Gasteiger partial charge is 0.467 e. The van der Waals surface area contributed by atoms with Gasteiger partial charge in [-0.2, -0.15) is 0 Å². The molecule has 0 bridgehead atoms. The zero-order valence-electron chi connectivity index (χ0n) is 12.4. The zero-order chi connectivity index (χ0) is 14.9. The van der Waals surface area contributed by atoms with Gasteiger partial charge >= 0.3 is 11.9 Å². The Kier molecular flexibility index (Phi) is 17.9. The number of hydrogen-bond acceptors (Lipinski definition) is 6.